The molecule has 7 nitrogen and oxygen atoms in total. The van der Waals surface area contributed by atoms with Gasteiger partial charge in [-0.25, -0.2) is 0 Å². The molecule has 3 aromatic rings. The summed E-state index contributed by atoms with van der Waals surface area (Å²) in [5.41, 5.74) is 9.62. The standard InChI is InChI=1S/C20H22N6OS/c1-13-8-9-14(2)16(10-13)23-18(27)12-28-11-17-24-19(21)26-20(25-17)22-15-6-4-3-5-7-15/h3-10H,11-12H2,1-2H3,(H,23,27)(H3,21,22,24,25,26). The van der Waals surface area contributed by atoms with Crippen molar-refractivity contribution in [3.63, 3.8) is 0 Å². The number of para-hydroxylation sites is 1. The monoisotopic (exact) mass is 394 g/mol. The summed E-state index contributed by atoms with van der Waals surface area (Å²) in [7, 11) is 0. The lowest BCUT2D eigenvalue weighted by atomic mass is 10.1. The number of carbonyl (C=O) groups excluding carboxylic acids is 1. The second-order valence-electron chi connectivity index (χ2n) is 6.28. The van der Waals surface area contributed by atoms with Gasteiger partial charge in [0.05, 0.1) is 11.5 Å². The van der Waals surface area contributed by atoms with E-state index in [4.69, 9.17) is 5.73 Å². The van der Waals surface area contributed by atoms with Gasteiger partial charge in [-0.15, -0.1) is 11.8 Å². The number of rotatable bonds is 7. The number of nitrogens with zero attached hydrogens (tertiary/aromatic N) is 3. The third-order valence-corrected chi connectivity index (χ3v) is 4.79. The zero-order valence-corrected chi connectivity index (χ0v) is 16.6. The second kappa shape index (κ2) is 9.18. The highest BCUT2D eigenvalue weighted by Crippen LogP contribution is 2.18. The summed E-state index contributed by atoms with van der Waals surface area (Å²) in [6, 6.07) is 15.6. The molecule has 28 heavy (non-hydrogen) atoms. The molecule has 3 rings (SSSR count). The van der Waals surface area contributed by atoms with Crippen molar-refractivity contribution in [2.75, 3.05) is 22.1 Å². The summed E-state index contributed by atoms with van der Waals surface area (Å²) >= 11 is 1.42. The van der Waals surface area contributed by atoms with Crippen LogP contribution in [0.4, 0.5) is 23.3 Å². The maximum atomic E-state index is 12.2. The minimum atomic E-state index is -0.0663. The van der Waals surface area contributed by atoms with E-state index in [2.05, 4.69) is 25.6 Å². The average Bonchev–Trinajstić information content (AvgIpc) is 2.65. The highest BCUT2D eigenvalue weighted by atomic mass is 32.2. The first kappa shape index (κ1) is 19.6. The molecule has 0 saturated carbocycles. The van der Waals surface area contributed by atoms with E-state index >= 15 is 0 Å². The van der Waals surface area contributed by atoms with Gasteiger partial charge in [-0.2, -0.15) is 15.0 Å². The molecular formula is C20H22N6OS. The molecule has 0 aliphatic heterocycles. The van der Waals surface area contributed by atoms with Crippen molar-refractivity contribution >= 4 is 40.9 Å². The summed E-state index contributed by atoms with van der Waals surface area (Å²) in [5, 5.41) is 6.04. The van der Waals surface area contributed by atoms with Gasteiger partial charge in [0.25, 0.3) is 0 Å². The van der Waals surface area contributed by atoms with Crippen LogP contribution in [0.25, 0.3) is 0 Å². The van der Waals surface area contributed by atoms with E-state index in [1.165, 1.54) is 11.8 Å². The summed E-state index contributed by atoms with van der Waals surface area (Å²) in [5.74, 6) is 1.73. The van der Waals surface area contributed by atoms with Crippen molar-refractivity contribution in [2.24, 2.45) is 0 Å². The van der Waals surface area contributed by atoms with Crippen molar-refractivity contribution in [1.82, 2.24) is 15.0 Å². The molecule has 0 saturated heterocycles. The highest BCUT2D eigenvalue weighted by Gasteiger charge is 2.09. The third kappa shape index (κ3) is 5.68. The molecule has 0 atom stereocenters. The zero-order valence-electron chi connectivity index (χ0n) is 15.8. The Morgan fingerprint density at radius 2 is 1.86 bits per heavy atom. The first-order valence-electron chi connectivity index (χ1n) is 8.77. The molecule has 0 unspecified atom stereocenters. The van der Waals surface area contributed by atoms with Gasteiger partial charge < -0.3 is 16.4 Å². The van der Waals surface area contributed by atoms with Gasteiger partial charge in [-0.1, -0.05) is 30.3 Å². The Hall–Kier alpha value is -3.13. The van der Waals surface area contributed by atoms with E-state index in [9.17, 15) is 4.79 Å². The summed E-state index contributed by atoms with van der Waals surface area (Å²) in [6.07, 6.45) is 0. The van der Waals surface area contributed by atoms with E-state index in [1.807, 2.05) is 62.4 Å². The molecule has 0 aliphatic carbocycles. The number of aromatic nitrogens is 3. The van der Waals surface area contributed by atoms with Crippen LogP contribution in [0.3, 0.4) is 0 Å². The molecule has 1 amide bonds. The van der Waals surface area contributed by atoms with E-state index in [-0.39, 0.29) is 11.9 Å². The molecule has 0 aliphatic rings. The maximum absolute atomic E-state index is 12.2. The normalized spacial score (nSPS) is 10.5. The Morgan fingerprint density at radius 3 is 2.64 bits per heavy atom. The van der Waals surface area contributed by atoms with Crippen molar-refractivity contribution in [1.29, 1.82) is 0 Å². The van der Waals surface area contributed by atoms with Crippen molar-refractivity contribution in [2.45, 2.75) is 19.6 Å². The number of benzene rings is 2. The van der Waals surface area contributed by atoms with Gasteiger partial charge in [0, 0.05) is 11.4 Å². The Balaban J connectivity index is 1.55. The smallest absolute Gasteiger partial charge is 0.234 e. The lowest BCUT2D eigenvalue weighted by Crippen LogP contribution is -2.15. The fourth-order valence-electron chi connectivity index (χ4n) is 2.50. The highest BCUT2D eigenvalue weighted by molar-refractivity contribution is 7.99. The molecule has 2 aromatic carbocycles. The number of anilines is 4. The average molecular weight is 395 g/mol. The van der Waals surface area contributed by atoms with E-state index in [0.29, 0.717) is 23.3 Å². The number of aryl methyl sites for hydroxylation is 2. The van der Waals surface area contributed by atoms with Crippen LogP contribution in [-0.2, 0) is 10.5 Å². The predicted molar refractivity (Wildman–Crippen MR) is 115 cm³/mol. The third-order valence-electron chi connectivity index (χ3n) is 3.86. The van der Waals surface area contributed by atoms with Gasteiger partial charge >= 0.3 is 0 Å². The largest absolute Gasteiger partial charge is 0.368 e. The fourth-order valence-corrected chi connectivity index (χ4v) is 3.17. The lowest BCUT2D eigenvalue weighted by Gasteiger charge is -2.09. The molecule has 1 heterocycles. The van der Waals surface area contributed by atoms with Crippen LogP contribution >= 0.6 is 11.8 Å². The van der Waals surface area contributed by atoms with Crippen LogP contribution in [0.2, 0.25) is 0 Å². The molecule has 0 fully saturated rings. The van der Waals surface area contributed by atoms with Crippen molar-refractivity contribution in [3.8, 4) is 0 Å². The number of hydrogen-bond donors (Lipinski definition) is 3. The number of carbonyl (C=O) groups is 1. The van der Waals surface area contributed by atoms with E-state index < -0.39 is 0 Å². The molecule has 144 valence electrons. The van der Waals surface area contributed by atoms with Crippen LogP contribution in [0, 0.1) is 13.8 Å². The Morgan fingerprint density at radius 1 is 1.07 bits per heavy atom. The first-order valence-corrected chi connectivity index (χ1v) is 9.92. The molecule has 0 radical (unpaired) electrons. The minimum Gasteiger partial charge on any atom is -0.368 e. The quantitative estimate of drug-likeness (QED) is 0.561. The van der Waals surface area contributed by atoms with E-state index in [1.54, 1.807) is 0 Å². The first-order chi connectivity index (χ1) is 13.5. The fraction of sp³-hybridized carbons (Fsp3) is 0.200. The zero-order chi connectivity index (χ0) is 19.9. The SMILES string of the molecule is Cc1ccc(C)c(NC(=O)CSCc2nc(N)nc(Nc3ccccc3)n2)c1. The van der Waals surface area contributed by atoms with Crippen molar-refractivity contribution < 1.29 is 4.79 Å². The number of amides is 1. The molecule has 0 spiro atoms. The molecule has 1 aromatic heterocycles. The number of nitrogens with one attached hydrogen (secondary N) is 2. The van der Waals surface area contributed by atoms with Gasteiger partial charge in [0.1, 0.15) is 5.82 Å². The summed E-state index contributed by atoms with van der Waals surface area (Å²) < 4.78 is 0. The number of nitrogens with two attached hydrogens (primary N) is 1. The van der Waals surface area contributed by atoms with Crippen LogP contribution in [0.15, 0.2) is 48.5 Å². The van der Waals surface area contributed by atoms with Gasteiger partial charge in [-0.3, -0.25) is 4.79 Å². The topological polar surface area (TPSA) is 106 Å². The Bertz CT molecular complexity index is 964. The van der Waals surface area contributed by atoms with Crippen molar-refractivity contribution in [3.05, 3.63) is 65.5 Å². The number of thioether (sulfide) groups is 1. The lowest BCUT2D eigenvalue weighted by molar-refractivity contribution is -0.113. The van der Waals surface area contributed by atoms with Crippen LogP contribution in [0.1, 0.15) is 17.0 Å². The number of nitrogen functional groups attached to an aromatic ring is 1. The summed E-state index contributed by atoms with van der Waals surface area (Å²) in [6.45, 7) is 3.97. The molecule has 4 N–H and O–H groups in total. The van der Waals surface area contributed by atoms with Crippen LogP contribution in [0.5, 0.6) is 0 Å². The van der Waals surface area contributed by atoms with Crippen LogP contribution in [-0.4, -0.2) is 26.6 Å². The van der Waals surface area contributed by atoms with E-state index in [0.717, 1.165) is 22.5 Å². The Kier molecular flexibility index (Phi) is 6.44. The minimum absolute atomic E-state index is 0.0663. The van der Waals surface area contributed by atoms with Gasteiger partial charge in [-0.05, 0) is 43.2 Å². The molecular weight excluding hydrogens is 372 g/mol. The Labute approximate surface area is 168 Å². The predicted octanol–water partition coefficient (Wildman–Crippen LogP) is 3.69. The molecule has 8 heteroatoms. The second-order valence-corrected chi connectivity index (χ2v) is 7.27. The van der Waals surface area contributed by atoms with Gasteiger partial charge in [0.15, 0.2) is 0 Å². The maximum Gasteiger partial charge on any atom is 0.234 e. The number of hydrogen-bond acceptors (Lipinski definition) is 7. The van der Waals surface area contributed by atoms with Gasteiger partial charge in [0.2, 0.25) is 17.8 Å². The molecule has 0 bridgehead atoms. The van der Waals surface area contributed by atoms with Crippen LogP contribution < -0.4 is 16.4 Å². The summed E-state index contributed by atoms with van der Waals surface area (Å²) in [4.78, 5) is 24.8.